The van der Waals surface area contributed by atoms with Crippen LogP contribution in [0.3, 0.4) is 0 Å². The molecule has 0 bridgehead atoms. The van der Waals surface area contributed by atoms with Crippen LogP contribution in [0, 0.1) is 5.82 Å². The van der Waals surface area contributed by atoms with E-state index in [9.17, 15) is 4.39 Å². The van der Waals surface area contributed by atoms with Crippen LogP contribution >= 0.6 is 0 Å². The number of nitrogen functional groups attached to an aromatic ring is 2. The third-order valence-corrected chi connectivity index (χ3v) is 6.73. The third-order valence-electron chi connectivity index (χ3n) is 6.73. The molecule has 0 spiro atoms. The lowest BCUT2D eigenvalue weighted by Gasteiger charge is -2.13. The minimum atomic E-state index is -0.347. The second kappa shape index (κ2) is 8.10. The average Bonchev–Trinajstić information content (AvgIpc) is 3.61. The second-order valence-electron chi connectivity index (χ2n) is 8.99. The molecule has 38 heavy (non-hydrogen) atoms. The van der Waals surface area contributed by atoms with Crippen molar-refractivity contribution in [2.45, 2.75) is 13.0 Å². The average molecular weight is 506 g/mol. The van der Waals surface area contributed by atoms with Crippen molar-refractivity contribution in [1.82, 2.24) is 34.3 Å². The van der Waals surface area contributed by atoms with Crippen molar-refractivity contribution in [2.24, 2.45) is 0 Å². The highest BCUT2D eigenvalue weighted by molar-refractivity contribution is 6.02. The Labute approximate surface area is 214 Å². The van der Waals surface area contributed by atoms with E-state index < -0.39 is 0 Å². The molecule has 0 saturated carbocycles. The second-order valence-corrected chi connectivity index (χ2v) is 8.99. The van der Waals surface area contributed by atoms with Crippen molar-refractivity contribution in [1.29, 1.82) is 0 Å². The number of oxazole rings is 1. The van der Waals surface area contributed by atoms with E-state index in [0.29, 0.717) is 33.5 Å². The Morgan fingerprint density at radius 1 is 1.05 bits per heavy atom. The van der Waals surface area contributed by atoms with Gasteiger partial charge in [-0.3, -0.25) is 4.98 Å². The lowest BCUT2D eigenvalue weighted by atomic mass is 10.1. The van der Waals surface area contributed by atoms with Crippen molar-refractivity contribution < 1.29 is 8.81 Å². The molecule has 0 fully saturated rings. The van der Waals surface area contributed by atoms with Gasteiger partial charge in [-0.05, 0) is 48.9 Å². The number of benzene rings is 2. The highest BCUT2D eigenvalue weighted by Crippen LogP contribution is 2.38. The first-order valence-corrected chi connectivity index (χ1v) is 11.8. The number of hydrogen-bond acceptors (Lipinski definition) is 8. The summed E-state index contributed by atoms with van der Waals surface area (Å²) in [7, 11) is 0. The first-order chi connectivity index (χ1) is 18.5. The fourth-order valence-electron chi connectivity index (χ4n) is 4.96. The van der Waals surface area contributed by atoms with Crippen molar-refractivity contribution in [3.05, 3.63) is 85.0 Å². The first kappa shape index (κ1) is 21.9. The predicted molar refractivity (Wildman–Crippen MR) is 142 cm³/mol. The normalized spacial score (nSPS) is 12.6. The molecule has 5 heterocycles. The zero-order chi connectivity index (χ0) is 26.0. The molecule has 186 valence electrons. The number of halogens is 1. The van der Waals surface area contributed by atoms with E-state index in [1.165, 1.54) is 18.5 Å². The Hall–Kier alpha value is -5.32. The standard InChI is InChI=1S/C27H20FN9O/c1-14(24-18-6-5-16(28)10-21(18)37(35-24)17-3-2-8-31-11-17)36-12-19(23-25(29)32-13-33-26(23)36)15-4-7-22-20(9-15)34-27(30)38-22/h2-14H,1H3,(H2,30,34)(H2,29,32,33). The zero-order valence-electron chi connectivity index (χ0n) is 20.1. The number of pyridine rings is 1. The number of rotatable bonds is 4. The molecule has 4 N–H and O–H groups in total. The van der Waals surface area contributed by atoms with E-state index >= 15 is 0 Å². The van der Waals surface area contributed by atoms with Gasteiger partial charge in [0.05, 0.1) is 34.5 Å². The van der Waals surface area contributed by atoms with Crippen LogP contribution < -0.4 is 11.5 Å². The van der Waals surface area contributed by atoms with E-state index in [0.717, 1.165) is 27.9 Å². The molecular formula is C27H20FN9O. The molecule has 11 heteroatoms. The first-order valence-electron chi connectivity index (χ1n) is 11.8. The molecule has 0 aliphatic rings. The minimum absolute atomic E-state index is 0.101. The summed E-state index contributed by atoms with van der Waals surface area (Å²) in [5.41, 5.74) is 17.8. The van der Waals surface area contributed by atoms with Gasteiger partial charge < -0.3 is 20.5 Å². The van der Waals surface area contributed by atoms with Gasteiger partial charge in [-0.15, -0.1) is 0 Å². The van der Waals surface area contributed by atoms with Crippen LogP contribution in [0.4, 0.5) is 16.2 Å². The molecule has 2 aromatic carbocycles. The van der Waals surface area contributed by atoms with Crippen molar-refractivity contribution >= 4 is 44.9 Å². The molecule has 7 aromatic rings. The molecule has 1 atom stereocenters. The maximum Gasteiger partial charge on any atom is 0.292 e. The van der Waals surface area contributed by atoms with Gasteiger partial charge in [0.1, 0.15) is 29.1 Å². The van der Waals surface area contributed by atoms with Gasteiger partial charge in [0.25, 0.3) is 6.01 Å². The lowest BCUT2D eigenvalue weighted by molar-refractivity contribution is 0.626. The van der Waals surface area contributed by atoms with Gasteiger partial charge in [-0.25, -0.2) is 19.0 Å². The fourth-order valence-corrected chi connectivity index (χ4v) is 4.96. The Balaban J connectivity index is 1.44. The summed E-state index contributed by atoms with van der Waals surface area (Å²) in [6.45, 7) is 2.02. The van der Waals surface area contributed by atoms with Crippen LogP contribution in [-0.2, 0) is 0 Å². The molecule has 7 rings (SSSR count). The summed E-state index contributed by atoms with van der Waals surface area (Å²) in [5, 5.41) is 6.43. The van der Waals surface area contributed by atoms with Crippen LogP contribution in [0.1, 0.15) is 18.7 Å². The van der Waals surface area contributed by atoms with Gasteiger partial charge in [0.15, 0.2) is 5.58 Å². The van der Waals surface area contributed by atoms with E-state index in [1.807, 2.05) is 48.0 Å². The van der Waals surface area contributed by atoms with Crippen molar-refractivity contribution in [3.8, 4) is 16.8 Å². The Morgan fingerprint density at radius 2 is 1.95 bits per heavy atom. The number of aromatic nitrogens is 7. The monoisotopic (exact) mass is 505 g/mol. The van der Waals surface area contributed by atoms with Crippen LogP contribution in [0.2, 0.25) is 0 Å². The van der Waals surface area contributed by atoms with Gasteiger partial charge in [-0.2, -0.15) is 10.1 Å². The van der Waals surface area contributed by atoms with Crippen LogP contribution in [0.15, 0.2) is 77.9 Å². The van der Waals surface area contributed by atoms with Crippen LogP contribution in [0.25, 0.3) is 49.9 Å². The maximum atomic E-state index is 14.3. The molecule has 5 aromatic heterocycles. The summed E-state index contributed by atoms with van der Waals surface area (Å²) in [5.74, 6) is 0.00313. The summed E-state index contributed by atoms with van der Waals surface area (Å²) in [6, 6.07) is 13.8. The van der Waals surface area contributed by atoms with Gasteiger partial charge in [-0.1, -0.05) is 6.07 Å². The molecule has 0 aliphatic carbocycles. The van der Waals surface area contributed by atoms with E-state index in [4.69, 9.17) is 21.0 Å². The predicted octanol–water partition coefficient (Wildman–Crippen LogP) is 4.89. The lowest BCUT2D eigenvalue weighted by Crippen LogP contribution is -2.08. The molecule has 0 amide bonds. The molecule has 1 unspecified atom stereocenters. The van der Waals surface area contributed by atoms with E-state index in [2.05, 4.69) is 19.9 Å². The SMILES string of the molecule is CC(c1nn(-c2cccnc2)c2cc(F)ccc12)n1cc(-c2ccc3oc(N)nc3c2)c2c(N)ncnc21. The number of hydrogen-bond donors (Lipinski definition) is 2. The van der Waals surface area contributed by atoms with Crippen molar-refractivity contribution in [3.63, 3.8) is 0 Å². The van der Waals surface area contributed by atoms with Crippen LogP contribution in [-0.4, -0.2) is 34.3 Å². The van der Waals surface area contributed by atoms with Gasteiger partial charge >= 0.3 is 0 Å². The fraction of sp³-hybridized carbons (Fsp3) is 0.0741. The molecule has 10 nitrogen and oxygen atoms in total. The molecule has 0 radical (unpaired) electrons. The largest absolute Gasteiger partial charge is 0.424 e. The third kappa shape index (κ3) is 3.29. The quantitative estimate of drug-likeness (QED) is 0.345. The topological polar surface area (TPSA) is 139 Å². The highest BCUT2D eigenvalue weighted by Gasteiger charge is 2.24. The summed E-state index contributed by atoms with van der Waals surface area (Å²) in [6.07, 6.45) is 6.79. The van der Waals surface area contributed by atoms with E-state index in [-0.39, 0.29) is 17.9 Å². The molecule has 0 saturated heterocycles. The van der Waals surface area contributed by atoms with E-state index in [1.54, 1.807) is 23.1 Å². The van der Waals surface area contributed by atoms with Crippen molar-refractivity contribution in [2.75, 3.05) is 11.5 Å². The van der Waals surface area contributed by atoms with Gasteiger partial charge in [0, 0.05) is 29.4 Å². The summed E-state index contributed by atoms with van der Waals surface area (Å²) >= 11 is 0. The summed E-state index contributed by atoms with van der Waals surface area (Å²) < 4.78 is 23.4. The number of nitrogens with zero attached hydrogens (tertiary/aromatic N) is 7. The molecular weight excluding hydrogens is 485 g/mol. The Morgan fingerprint density at radius 3 is 2.79 bits per heavy atom. The maximum absolute atomic E-state index is 14.3. The number of anilines is 2. The van der Waals surface area contributed by atoms with Gasteiger partial charge in [0.2, 0.25) is 0 Å². The number of nitrogens with two attached hydrogens (primary N) is 2. The minimum Gasteiger partial charge on any atom is -0.424 e. The van der Waals surface area contributed by atoms with Crippen LogP contribution in [0.5, 0.6) is 0 Å². The summed E-state index contributed by atoms with van der Waals surface area (Å²) in [4.78, 5) is 17.3. The Kier molecular flexibility index (Phi) is 4.67. The smallest absolute Gasteiger partial charge is 0.292 e. The Bertz CT molecular complexity index is 1990. The number of fused-ring (bicyclic) bond motifs is 3. The highest BCUT2D eigenvalue weighted by atomic mass is 19.1. The molecule has 0 aliphatic heterocycles. The zero-order valence-corrected chi connectivity index (χ0v) is 20.1.